The number of hydrogen-bond acceptors (Lipinski definition) is 9. The van der Waals surface area contributed by atoms with Crippen molar-refractivity contribution in [2.24, 2.45) is 0 Å². The van der Waals surface area contributed by atoms with E-state index in [1.54, 1.807) is 0 Å². The number of benzene rings is 13. The zero-order chi connectivity index (χ0) is 78.9. The molecule has 6 heterocycles. The molecule has 19 rings (SSSR count). The van der Waals surface area contributed by atoms with Crippen molar-refractivity contribution in [1.29, 1.82) is 0 Å². The Morgan fingerprint density at radius 3 is 0.681 bits per heavy atom. The van der Waals surface area contributed by atoms with Crippen LogP contribution in [-0.4, -0.2) is 44.9 Å². The molecule has 0 atom stereocenters. The Labute approximate surface area is 677 Å². The Balaban J connectivity index is 0.000000125. The van der Waals surface area contributed by atoms with Gasteiger partial charge in [0, 0.05) is 84.2 Å². The van der Waals surface area contributed by atoms with Gasteiger partial charge in [0.2, 0.25) is 0 Å². The summed E-state index contributed by atoms with van der Waals surface area (Å²) in [5.41, 5.74) is 32.4. The maximum Gasteiger partial charge on any atom is 0.159 e. The van der Waals surface area contributed by atoms with E-state index in [0.717, 1.165) is 164 Å². The van der Waals surface area contributed by atoms with Gasteiger partial charge in [-0.1, -0.05) is 303 Å². The highest BCUT2D eigenvalue weighted by molar-refractivity contribution is 5.91. The molecular weight excluding hydrogens is 1410 g/mol. The van der Waals surface area contributed by atoms with E-state index in [-0.39, 0.29) is 0 Å². The molecule has 0 spiro atoms. The number of aromatic nitrogens is 9. The Hall–Kier alpha value is -14.9. The van der Waals surface area contributed by atoms with Crippen molar-refractivity contribution in [3.63, 3.8) is 0 Å². The van der Waals surface area contributed by atoms with Crippen molar-refractivity contribution >= 4 is 21.5 Å². The van der Waals surface area contributed by atoms with E-state index in [4.69, 9.17) is 24.9 Å². The first kappa shape index (κ1) is 73.8. The highest BCUT2D eigenvalue weighted by Gasteiger charge is 2.17. The Morgan fingerprint density at radius 2 is 0.336 bits per heavy atom. The quantitative estimate of drug-likeness (QED) is 0.105. The van der Waals surface area contributed by atoms with Crippen LogP contribution in [0.25, 0.3) is 179 Å². The van der Waals surface area contributed by atoms with Crippen LogP contribution in [0.15, 0.2) is 382 Å². The van der Waals surface area contributed by atoms with Crippen molar-refractivity contribution in [2.45, 2.75) is 41.5 Å². The van der Waals surface area contributed by atoms with Gasteiger partial charge in [-0.2, -0.15) is 0 Å². The van der Waals surface area contributed by atoms with Crippen molar-refractivity contribution in [3.05, 3.63) is 416 Å². The first-order valence-electron chi connectivity index (χ1n) is 39.1. The Bertz CT molecular complexity index is 6570. The minimum atomic E-state index is 0.736. The van der Waals surface area contributed by atoms with E-state index >= 15 is 0 Å². The number of hydrogen-bond donors (Lipinski definition) is 0. The third-order valence-corrected chi connectivity index (χ3v) is 20.6. The molecule has 19 aromatic rings. The molecule has 0 bridgehead atoms. The van der Waals surface area contributed by atoms with Gasteiger partial charge in [0.25, 0.3) is 0 Å². The lowest BCUT2D eigenvalue weighted by Crippen LogP contribution is -1.95. The first-order chi connectivity index (χ1) is 56.8. The topological polar surface area (TPSA) is 116 Å². The van der Waals surface area contributed by atoms with E-state index < -0.39 is 0 Å². The molecule has 9 nitrogen and oxygen atoms in total. The highest BCUT2D eigenvalue weighted by Crippen LogP contribution is 2.38. The monoisotopic (exact) mass is 1490 g/mol. The summed E-state index contributed by atoms with van der Waals surface area (Å²) in [5, 5.41) is 4.85. The fourth-order valence-corrected chi connectivity index (χ4v) is 14.9. The lowest BCUT2D eigenvalue weighted by atomic mass is 9.97. The van der Waals surface area contributed by atoms with Crippen LogP contribution in [0.2, 0.25) is 0 Å². The molecule has 13 aromatic carbocycles. The normalized spacial score (nSPS) is 11.0. The average molecular weight is 1490 g/mol. The second-order valence-electron chi connectivity index (χ2n) is 29.3. The number of aryl methyl sites for hydroxylation is 6. The SMILES string of the molecule is Cc1cc(C)nc(-c2ccc(-c3cc(-c4ccccc4)cc(-c4ccc(-c5ccccc5)cc4)n3)cc2)n1.Cc1cc(C)nc(-c2cccc(-c3cc(-c4ccc5ccccc5c4)nc(-c4ccc5ccccc5c4)c3)c2)n1.Cc1cc(C)nc(-c2cccc(-c3cc(-c4ccccc4)cc(-c4ccc(-c5ccccc5)cc4)n3)c2)n1. The second-order valence-corrected chi connectivity index (χ2v) is 29.3. The lowest BCUT2D eigenvalue weighted by molar-refractivity contribution is 1.06. The van der Waals surface area contributed by atoms with Crippen LogP contribution in [0.4, 0.5) is 0 Å². The van der Waals surface area contributed by atoms with Gasteiger partial charge in [0.15, 0.2) is 17.5 Å². The smallest absolute Gasteiger partial charge is 0.159 e. The third-order valence-electron chi connectivity index (χ3n) is 20.6. The lowest BCUT2D eigenvalue weighted by Gasteiger charge is -2.12. The van der Waals surface area contributed by atoms with Gasteiger partial charge in [-0.3, -0.25) is 0 Å². The fraction of sp³-hybridized carbons (Fsp3) is 0.0561. The Kier molecular flexibility index (Phi) is 21.4. The van der Waals surface area contributed by atoms with Gasteiger partial charge in [0.1, 0.15) is 0 Å². The summed E-state index contributed by atoms with van der Waals surface area (Å²) in [6.07, 6.45) is 0. The van der Waals surface area contributed by atoms with Crippen molar-refractivity contribution in [3.8, 4) is 157 Å². The van der Waals surface area contributed by atoms with Gasteiger partial charge < -0.3 is 0 Å². The average Bonchev–Trinajstić information content (AvgIpc) is 0.791. The second kappa shape index (κ2) is 33.6. The molecule has 0 amide bonds. The van der Waals surface area contributed by atoms with Crippen molar-refractivity contribution in [2.75, 3.05) is 0 Å². The van der Waals surface area contributed by atoms with Gasteiger partial charge in [-0.05, 0) is 198 Å². The van der Waals surface area contributed by atoms with Gasteiger partial charge in [-0.25, -0.2) is 44.9 Å². The first-order valence-corrected chi connectivity index (χ1v) is 39.1. The van der Waals surface area contributed by atoms with E-state index in [2.05, 4.69) is 360 Å². The maximum atomic E-state index is 5.19. The maximum absolute atomic E-state index is 5.19. The zero-order valence-corrected chi connectivity index (χ0v) is 65.4. The zero-order valence-electron chi connectivity index (χ0n) is 65.4. The van der Waals surface area contributed by atoms with Crippen LogP contribution in [0.1, 0.15) is 34.2 Å². The number of fused-ring (bicyclic) bond motifs is 2. The molecule has 116 heavy (non-hydrogen) atoms. The molecule has 9 heteroatoms. The summed E-state index contributed by atoms with van der Waals surface area (Å²) in [6, 6.07) is 133. The molecule has 0 aliphatic heterocycles. The van der Waals surface area contributed by atoms with Crippen LogP contribution in [-0.2, 0) is 0 Å². The van der Waals surface area contributed by atoms with Gasteiger partial charge >= 0.3 is 0 Å². The van der Waals surface area contributed by atoms with E-state index in [0.29, 0.717) is 0 Å². The summed E-state index contributed by atoms with van der Waals surface area (Å²) in [7, 11) is 0. The number of rotatable bonds is 14. The van der Waals surface area contributed by atoms with E-state index in [9.17, 15) is 0 Å². The summed E-state index contributed by atoms with van der Waals surface area (Å²) in [4.78, 5) is 43.4. The summed E-state index contributed by atoms with van der Waals surface area (Å²) < 4.78 is 0. The van der Waals surface area contributed by atoms with Crippen LogP contribution in [0, 0.1) is 41.5 Å². The minimum absolute atomic E-state index is 0.736. The van der Waals surface area contributed by atoms with Crippen molar-refractivity contribution < 1.29 is 0 Å². The molecule has 0 radical (unpaired) electrons. The molecule has 0 unspecified atom stereocenters. The fourth-order valence-electron chi connectivity index (χ4n) is 14.9. The van der Waals surface area contributed by atoms with Crippen LogP contribution < -0.4 is 0 Å². The largest absolute Gasteiger partial charge is 0.248 e. The van der Waals surface area contributed by atoms with Gasteiger partial charge in [0.05, 0.1) is 34.2 Å². The standard InChI is InChI=1S/C37H27N3.2C35H27N3/c1-24-18-25(2)39-37(38-24)33-13-7-12-30(21-33)34-22-35(31-16-14-26-8-3-5-10-28(26)19-31)40-36(23-34)32-17-15-27-9-4-6-11-29(27)20-32;1-24-20-25(2)37-35(36-24)31-15-9-14-30(21-31)34-23-32(27-12-7-4-8-13-27)22-33(38-34)29-18-16-28(17-19-29)26-10-5-3-6-11-26;1-24-21-25(2)37-35(36-24)31-19-17-30(18-20-31)34-23-32(27-11-7-4-8-12-27)22-33(38-34)29-15-13-28(14-16-29)26-9-5-3-6-10-26/h3-23H,1-2H3;2*3-23H,1-2H3. The number of pyridine rings is 3. The summed E-state index contributed by atoms with van der Waals surface area (Å²) in [6.45, 7) is 12.0. The molecule has 554 valence electrons. The summed E-state index contributed by atoms with van der Waals surface area (Å²) in [5.74, 6) is 2.23. The molecule has 0 fully saturated rings. The molecule has 0 aliphatic carbocycles. The number of nitrogens with zero attached hydrogens (tertiary/aromatic N) is 9. The van der Waals surface area contributed by atoms with Crippen LogP contribution in [0.5, 0.6) is 0 Å². The predicted octanol–water partition coefficient (Wildman–Crippen LogP) is 27.1. The van der Waals surface area contributed by atoms with E-state index in [1.165, 1.54) is 49.4 Å². The molecule has 6 aromatic heterocycles. The molecular formula is C107H81N9. The molecule has 0 aliphatic rings. The van der Waals surface area contributed by atoms with Gasteiger partial charge in [-0.15, -0.1) is 0 Å². The van der Waals surface area contributed by atoms with Crippen molar-refractivity contribution in [1.82, 2.24) is 44.9 Å². The minimum Gasteiger partial charge on any atom is -0.248 e. The van der Waals surface area contributed by atoms with Crippen LogP contribution in [0.3, 0.4) is 0 Å². The molecule has 0 N–H and O–H groups in total. The summed E-state index contributed by atoms with van der Waals surface area (Å²) >= 11 is 0. The van der Waals surface area contributed by atoms with E-state index in [1.807, 2.05) is 84.0 Å². The third kappa shape index (κ3) is 17.2. The molecule has 0 saturated heterocycles. The molecule has 0 saturated carbocycles. The Morgan fingerprint density at radius 1 is 0.121 bits per heavy atom. The highest BCUT2D eigenvalue weighted by atomic mass is 14.9. The van der Waals surface area contributed by atoms with Crippen LogP contribution >= 0.6 is 0 Å². The predicted molar refractivity (Wildman–Crippen MR) is 479 cm³/mol.